The van der Waals surface area contributed by atoms with Gasteiger partial charge in [-0.2, -0.15) is 0 Å². The fraction of sp³-hybridized carbons (Fsp3) is 0.900. The summed E-state index contributed by atoms with van der Waals surface area (Å²) >= 11 is 0. The Bertz CT molecular complexity index is 208. The highest BCUT2D eigenvalue weighted by Crippen LogP contribution is 2.19. The quantitative estimate of drug-likeness (QED) is 0.650. The van der Waals surface area contributed by atoms with Crippen LogP contribution in [0.15, 0.2) is 0 Å². The van der Waals surface area contributed by atoms with Crippen LogP contribution in [0.5, 0.6) is 0 Å². The molecule has 1 rings (SSSR count). The van der Waals surface area contributed by atoms with Crippen LogP contribution in [0.1, 0.15) is 20.8 Å². The number of amides is 1. The van der Waals surface area contributed by atoms with Crippen molar-refractivity contribution in [1.29, 1.82) is 0 Å². The van der Waals surface area contributed by atoms with Crippen molar-refractivity contribution in [2.24, 2.45) is 5.92 Å². The van der Waals surface area contributed by atoms with Gasteiger partial charge in [0.1, 0.15) is 5.60 Å². The largest absolute Gasteiger partial charge is 0.380 e. The van der Waals surface area contributed by atoms with E-state index in [0.717, 1.165) is 13.1 Å². The standard InChI is InChI=1S/C10H20N2O2/c1-8(2)10(3,14)9(13)12-6-4-11-5-7-12/h8,11,14H,4-7H2,1-3H3. The van der Waals surface area contributed by atoms with Crippen molar-refractivity contribution in [3.05, 3.63) is 0 Å². The highest BCUT2D eigenvalue weighted by atomic mass is 16.3. The molecule has 4 heteroatoms. The predicted molar refractivity (Wildman–Crippen MR) is 54.9 cm³/mol. The minimum absolute atomic E-state index is 0.0510. The van der Waals surface area contributed by atoms with Gasteiger partial charge in [0.2, 0.25) is 0 Å². The van der Waals surface area contributed by atoms with Crippen LogP contribution in [0.4, 0.5) is 0 Å². The third kappa shape index (κ3) is 2.25. The Morgan fingerprint density at radius 3 is 2.36 bits per heavy atom. The fourth-order valence-electron chi connectivity index (χ4n) is 1.43. The second-order valence-electron chi connectivity index (χ2n) is 4.34. The molecular weight excluding hydrogens is 180 g/mol. The van der Waals surface area contributed by atoms with Gasteiger partial charge in [-0.25, -0.2) is 0 Å². The maximum atomic E-state index is 11.9. The lowest BCUT2D eigenvalue weighted by atomic mass is 9.91. The molecule has 1 amide bonds. The first-order valence-corrected chi connectivity index (χ1v) is 5.18. The molecule has 1 unspecified atom stereocenters. The fourth-order valence-corrected chi connectivity index (χ4v) is 1.43. The molecule has 1 aliphatic rings. The van der Waals surface area contributed by atoms with Crippen molar-refractivity contribution in [3.8, 4) is 0 Å². The number of piperazine rings is 1. The normalized spacial score (nSPS) is 22.2. The average Bonchev–Trinajstić information content (AvgIpc) is 2.17. The predicted octanol–water partition coefficient (Wildman–Crippen LogP) is -0.175. The van der Waals surface area contributed by atoms with Crippen LogP contribution in [0.25, 0.3) is 0 Å². The Labute approximate surface area is 85.3 Å². The second-order valence-corrected chi connectivity index (χ2v) is 4.34. The molecule has 0 aliphatic carbocycles. The third-order valence-electron chi connectivity index (χ3n) is 2.96. The van der Waals surface area contributed by atoms with Crippen molar-refractivity contribution in [2.45, 2.75) is 26.4 Å². The van der Waals surface area contributed by atoms with Crippen LogP contribution in [0.2, 0.25) is 0 Å². The van der Waals surface area contributed by atoms with E-state index in [1.54, 1.807) is 11.8 Å². The molecule has 1 fully saturated rings. The van der Waals surface area contributed by atoms with E-state index in [9.17, 15) is 9.90 Å². The number of carbonyl (C=O) groups excluding carboxylic acids is 1. The maximum Gasteiger partial charge on any atom is 0.254 e. The van der Waals surface area contributed by atoms with E-state index in [1.165, 1.54) is 0 Å². The van der Waals surface area contributed by atoms with Crippen LogP contribution in [0.3, 0.4) is 0 Å². The molecule has 1 heterocycles. The summed E-state index contributed by atoms with van der Waals surface area (Å²) in [6.07, 6.45) is 0. The van der Waals surface area contributed by atoms with Gasteiger partial charge < -0.3 is 15.3 Å². The summed E-state index contributed by atoms with van der Waals surface area (Å²) < 4.78 is 0. The number of nitrogens with zero attached hydrogens (tertiary/aromatic N) is 1. The van der Waals surface area contributed by atoms with E-state index in [4.69, 9.17) is 0 Å². The SMILES string of the molecule is CC(C)C(C)(O)C(=O)N1CCNCC1. The van der Waals surface area contributed by atoms with E-state index in [-0.39, 0.29) is 11.8 Å². The maximum absolute atomic E-state index is 11.9. The van der Waals surface area contributed by atoms with Crippen molar-refractivity contribution in [1.82, 2.24) is 10.2 Å². The summed E-state index contributed by atoms with van der Waals surface area (Å²) in [5.74, 6) is -0.195. The van der Waals surface area contributed by atoms with Gasteiger partial charge in [0.25, 0.3) is 5.91 Å². The lowest BCUT2D eigenvalue weighted by molar-refractivity contribution is -0.154. The molecule has 14 heavy (non-hydrogen) atoms. The van der Waals surface area contributed by atoms with E-state index in [1.807, 2.05) is 13.8 Å². The smallest absolute Gasteiger partial charge is 0.254 e. The molecular formula is C10H20N2O2. The van der Waals surface area contributed by atoms with Crippen LogP contribution in [-0.2, 0) is 4.79 Å². The van der Waals surface area contributed by atoms with E-state index in [0.29, 0.717) is 13.1 Å². The Hall–Kier alpha value is -0.610. The Balaban J connectivity index is 2.63. The first-order chi connectivity index (χ1) is 6.46. The summed E-state index contributed by atoms with van der Waals surface area (Å²) in [6.45, 7) is 8.35. The van der Waals surface area contributed by atoms with Crippen molar-refractivity contribution >= 4 is 5.91 Å². The molecule has 0 aromatic heterocycles. The molecule has 0 saturated carbocycles. The molecule has 0 spiro atoms. The van der Waals surface area contributed by atoms with Gasteiger partial charge in [-0.3, -0.25) is 4.79 Å². The Kier molecular flexibility index (Phi) is 3.50. The first-order valence-electron chi connectivity index (χ1n) is 5.18. The zero-order chi connectivity index (χ0) is 10.8. The van der Waals surface area contributed by atoms with Crippen LogP contribution in [0, 0.1) is 5.92 Å². The number of carbonyl (C=O) groups is 1. The second kappa shape index (κ2) is 4.28. The van der Waals surface area contributed by atoms with E-state index in [2.05, 4.69) is 5.32 Å². The van der Waals surface area contributed by atoms with Gasteiger partial charge in [0.05, 0.1) is 0 Å². The lowest BCUT2D eigenvalue weighted by Gasteiger charge is -2.35. The van der Waals surface area contributed by atoms with Crippen LogP contribution >= 0.6 is 0 Å². The van der Waals surface area contributed by atoms with E-state index >= 15 is 0 Å². The molecule has 2 N–H and O–H groups in total. The Morgan fingerprint density at radius 2 is 1.93 bits per heavy atom. The van der Waals surface area contributed by atoms with Gasteiger partial charge in [-0.15, -0.1) is 0 Å². The zero-order valence-corrected chi connectivity index (χ0v) is 9.21. The van der Waals surface area contributed by atoms with Crippen molar-refractivity contribution in [3.63, 3.8) is 0 Å². The summed E-state index contributed by atoms with van der Waals surface area (Å²) in [6, 6.07) is 0. The molecule has 1 saturated heterocycles. The molecule has 82 valence electrons. The summed E-state index contributed by atoms with van der Waals surface area (Å²) in [5.41, 5.74) is -1.22. The highest BCUT2D eigenvalue weighted by Gasteiger charge is 2.37. The monoisotopic (exact) mass is 200 g/mol. The number of nitrogens with one attached hydrogen (secondary N) is 1. The van der Waals surface area contributed by atoms with Crippen LogP contribution < -0.4 is 5.32 Å². The number of hydrogen-bond acceptors (Lipinski definition) is 3. The summed E-state index contributed by atoms with van der Waals surface area (Å²) in [4.78, 5) is 13.6. The summed E-state index contributed by atoms with van der Waals surface area (Å²) in [7, 11) is 0. The third-order valence-corrected chi connectivity index (χ3v) is 2.96. The number of rotatable bonds is 2. The molecule has 4 nitrogen and oxygen atoms in total. The van der Waals surface area contributed by atoms with Gasteiger partial charge in [0.15, 0.2) is 0 Å². The van der Waals surface area contributed by atoms with Crippen LogP contribution in [-0.4, -0.2) is 47.7 Å². The molecule has 1 atom stereocenters. The molecule has 0 aromatic rings. The number of aliphatic hydroxyl groups is 1. The van der Waals surface area contributed by atoms with Crippen molar-refractivity contribution in [2.75, 3.05) is 26.2 Å². The minimum Gasteiger partial charge on any atom is -0.380 e. The van der Waals surface area contributed by atoms with Gasteiger partial charge in [0, 0.05) is 26.2 Å². The van der Waals surface area contributed by atoms with Gasteiger partial charge in [-0.05, 0) is 12.8 Å². The molecule has 0 aromatic carbocycles. The average molecular weight is 200 g/mol. The van der Waals surface area contributed by atoms with Gasteiger partial charge >= 0.3 is 0 Å². The molecule has 0 radical (unpaired) electrons. The number of hydrogen-bond donors (Lipinski definition) is 2. The minimum atomic E-state index is -1.22. The molecule has 0 bridgehead atoms. The topological polar surface area (TPSA) is 52.6 Å². The summed E-state index contributed by atoms with van der Waals surface area (Å²) in [5, 5.41) is 13.2. The zero-order valence-electron chi connectivity index (χ0n) is 9.21. The molecule has 1 aliphatic heterocycles. The Morgan fingerprint density at radius 1 is 1.43 bits per heavy atom. The highest BCUT2D eigenvalue weighted by molar-refractivity contribution is 5.84. The first kappa shape index (κ1) is 11.5. The lowest BCUT2D eigenvalue weighted by Crippen LogP contribution is -2.55. The van der Waals surface area contributed by atoms with E-state index < -0.39 is 5.60 Å². The van der Waals surface area contributed by atoms with Gasteiger partial charge in [-0.1, -0.05) is 13.8 Å². The van der Waals surface area contributed by atoms with Crippen molar-refractivity contribution < 1.29 is 9.90 Å².